The van der Waals surface area contributed by atoms with Gasteiger partial charge in [0, 0.05) is 18.8 Å². The smallest absolute Gasteiger partial charge is 0.0210 e. The lowest BCUT2D eigenvalue weighted by molar-refractivity contribution is 0.362. The summed E-state index contributed by atoms with van der Waals surface area (Å²) in [6.45, 7) is 7.10. The van der Waals surface area contributed by atoms with Gasteiger partial charge in [-0.05, 0) is 19.8 Å². The van der Waals surface area contributed by atoms with E-state index in [2.05, 4.69) is 24.8 Å². The molecule has 0 aliphatic carbocycles. The molecule has 0 fully saturated rings. The van der Waals surface area contributed by atoms with Crippen LogP contribution in [0.3, 0.4) is 0 Å². The van der Waals surface area contributed by atoms with Gasteiger partial charge in [-0.1, -0.05) is 70.8 Å². The van der Waals surface area contributed by atoms with Crippen molar-refractivity contribution in [2.45, 2.75) is 84.5 Å². The van der Waals surface area contributed by atoms with Crippen molar-refractivity contribution >= 4 is 0 Å². The highest BCUT2D eigenvalue weighted by molar-refractivity contribution is 5.03. The minimum Gasteiger partial charge on any atom is -0.375 e. The Hall–Kier alpha value is -0.460. The molecule has 0 saturated heterocycles. The summed E-state index contributed by atoms with van der Waals surface area (Å²) in [7, 11) is 0. The van der Waals surface area contributed by atoms with Gasteiger partial charge >= 0.3 is 0 Å². The maximum absolute atomic E-state index is 2.55. The van der Waals surface area contributed by atoms with E-state index in [9.17, 15) is 0 Å². The summed E-state index contributed by atoms with van der Waals surface area (Å²) < 4.78 is 0. The highest BCUT2D eigenvalue weighted by Gasteiger charge is 2.09. The Labute approximate surface area is 115 Å². The van der Waals surface area contributed by atoms with Crippen LogP contribution in [-0.2, 0) is 0 Å². The van der Waals surface area contributed by atoms with Crippen LogP contribution in [0.2, 0.25) is 0 Å². The molecule has 0 amide bonds. The molecule has 0 aromatic heterocycles. The second kappa shape index (κ2) is 10.5. The summed E-state index contributed by atoms with van der Waals surface area (Å²) in [6, 6.07) is 0. The van der Waals surface area contributed by atoms with E-state index >= 15 is 0 Å². The molecule has 0 bridgehead atoms. The molecular formula is C17H33N. The van der Waals surface area contributed by atoms with E-state index in [0.29, 0.717) is 0 Å². The Bertz CT molecular complexity index is 220. The van der Waals surface area contributed by atoms with Gasteiger partial charge < -0.3 is 4.90 Å². The third-order valence-electron chi connectivity index (χ3n) is 4.12. The second-order valence-corrected chi connectivity index (χ2v) is 5.80. The predicted molar refractivity (Wildman–Crippen MR) is 81.8 cm³/mol. The molecule has 1 rings (SSSR count). The molecule has 1 heteroatoms. The minimum absolute atomic E-state index is 1.27. The van der Waals surface area contributed by atoms with Crippen LogP contribution in [-0.4, -0.2) is 18.0 Å². The van der Waals surface area contributed by atoms with Crippen molar-refractivity contribution in [2.75, 3.05) is 13.1 Å². The lowest BCUT2D eigenvalue weighted by Crippen LogP contribution is -2.19. The van der Waals surface area contributed by atoms with E-state index in [-0.39, 0.29) is 0 Å². The van der Waals surface area contributed by atoms with E-state index < -0.39 is 0 Å². The van der Waals surface area contributed by atoms with Crippen molar-refractivity contribution in [2.24, 2.45) is 0 Å². The molecule has 106 valence electrons. The number of unbranched alkanes of at least 4 members (excludes halogenated alkanes) is 9. The van der Waals surface area contributed by atoms with E-state index in [1.54, 1.807) is 0 Å². The largest absolute Gasteiger partial charge is 0.375 e. The lowest BCUT2D eigenvalue weighted by Gasteiger charge is -2.19. The highest BCUT2D eigenvalue weighted by Crippen LogP contribution is 2.15. The summed E-state index contributed by atoms with van der Waals surface area (Å²) in [5, 5.41) is 0. The monoisotopic (exact) mass is 251 g/mol. The predicted octanol–water partition coefficient (Wildman–Crippen LogP) is 5.52. The van der Waals surface area contributed by atoms with Crippen LogP contribution < -0.4 is 0 Å². The first-order valence-corrected chi connectivity index (χ1v) is 8.26. The maximum Gasteiger partial charge on any atom is 0.0210 e. The Balaban J connectivity index is 1.77. The number of hydrogen-bond acceptors (Lipinski definition) is 1. The van der Waals surface area contributed by atoms with Gasteiger partial charge in [0.05, 0.1) is 0 Å². The van der Waals surface area contributed by atoms with E-state index in [4.69, 9.17) is 0 Å². The SMILES string of the molecule is CCCCCCCCCCCCN1CCC=C1C. The number of hydrogen-bond donors (Lipinski definition) is 0. The summed E-state index contributed by atoms with van der Waals surface area (Å²) in [5.41, 5.74) is 1.51. The summed E-state index contributed by atoms with van der Waals surface area (Å²) in [4.78, 5) is 2.55. The molecule has 0 spiro atoms. The molecule has 0 N–H and O–H groups in total. The van der Waals surface area contributed by atoms with Crippen molar-refractivity contribution < 1.29 is 0 Å². The zero-order valence-electron chi connectivity index (χ0n) is 12.7. The first-order chi connectivity index (χ1) is 8.84. The fourth-order valence-corrected chi connectivity index (χ4v) is 2.81. The van der Waals surface area contributed by atoms with Crippen LogP contribution >= 0.6 is 0 Å². The van der Waals surface area contributed by atoms with Gasteiger partial charge in [-0.15, -0.1) is 0 Å². The average molecular weight is 251 g/mol. The van der Waals surface area contributed by atoms with E-state index in [0.717, 1.165) is 0 Å². The van der Waals surface area contributed by atoms with Crippen LogP contribution in [0, 0.1) is 0 Å². The fourth-order valence-electron chi connectivity index (χ4n) is 2.81. The summed E-state index contributed by atoms with van der Waals surface area (Å²) in [5.74, 6) is 0. The Kier molecular flexibility index (Phi) is 9.06. The second-order valence-electron chi connectivity index (χ2n) is 5.80. The first kappa shape index (κ1) is 15.6. The average Bonchev–Trinajstić information content (AvgIpc) is 2.77. The molecule has 0 saturated carbocycles. The summed E-state index contributed by atoms with van der Waals surface area (Å²) >= 11 is 0. The molecule has 1 nitrogen and oxygen atoms in total. The van der Waals surface area contributed by atoms with Crippen LogP contribution in [0.1, 0.15) is 84.5 Å². The van der Waals surface area contributed by atoms with Crippen LogP contribution in [0.25, 0.3) is 0 Å². The van der Waals surface area contributed by atoms with Gasteiger partial charge in [0.1, 0.15) is 0 Å². The molecule has 1 aliphatic heterocycles. The van der Waals surface area contributed by atoms with Crippen molar-refractivity contribution in [1.82, 2.24) is 4.90 Å². The number of rotatable bonds is 11. The van der Waals surface area contributed by atoms with E-state index in [1.165, 1.54) is 89.4 Å². The van der Waals surface area contributed by atoms with E-state index in [1.807, 2.05) is 0 Å². The molecule has 1 aliphatic rings. The van der Waals surface area contributed by atoms with Gasteiger partial charge in [0.2, 0.25) is 0 Å². The first-order valence-electron chi connectivity index (χ1n) is 8.26. The zero-order chi connectivity index (χ0) is 13.1. The van der Waals surface area contributed by atoms with Gasteiger partial charge in [0.15, 0.2) is 0 Å². The van der Waals surface area contributed by atoms with Crippen LogP contribution in [0.5, 0.6) is 0 Å². The third-order valence-corrected chi connectivity index (χ3v) is 4.12. The fraction of sp³-hybridized carbons (Fsp3) is 0.882. The van der Waals surface area contributed by atoms with Crippen molar-refractivity contribution in [1.29, 1.82) is 0 Å². The molecule has 1 heterocycles. The Morgan fingerprint density at radius 2 is 1.44 bits per heavy atom. The normalized spacial score (nSPS) is 15.2. The maximum atomic E-state index is 2.55. The minimum atomic E-state index is 1.27. The van der Waals surface area contributed by atoms with Crippen molar-refractivity contribution in [3.63, 3.8) is 0 Å². The standard InChI is InChI=1S/C17H33N/c1-3-4-5-6-7-8-9-10-11-12-15-18-16-13-14-17(18)2/h14H,3-13,15-16H2,1-2H3. The molecular weight excluding hydrogens is 218 g/mol. The van der Waals surface area contributed by atoms with Crippen molar-refractivity contribution in [3.05, 3.63) is 11.8 Å². The zero-order valence-corrected chi connectivity index (χ0v) is 12.7. The molecule has 0 unspecified atom stereocenters. The van der Waals surface area contributed by atoms with Crippen LogP contribution in [0.15, 0.2) is 11.8 Å². The lowest BCUT2D eigenvalue weighted by atomic mass is 10.1. The van der Waals surface area contributed by atoms with Crippen molar-refractivity contribution in [3.8, 4) is 0 Å². The van der Waals surface area contributed by atoms with Crippen LogP contribution in [0.4, 0.5) is 0 Å². The van der Waals surface area contributed by atoms with Gasteiger partial charge in [-0.25, -0.2) is 0 Å². The van der Waals surface area contributed by atoms with Gasteiger partial charge in [-0.3, -0.25) is 0 Å². The topological polar surface area (TPSA) is 3.24 Å². The number of allylic oxidation sites excluding steroid dienone is 1. The molecule has 0 aromatic carbocycles. The molecule has 0 radical (unpaired) electrons. The molecule has 0 aromatic rings. The summed E-state index contributed by atoms with van der Waals surface area (Å²) in [6.07, 6.45) is 18.0. The highest BCUT2D eigenvalue weighted by atomic mass is 15.1. The van der Waals surface area contributed by atoms with Gasteiger partial charge in [-0.2, -0.15) is 0 Å². The number of nitrogens with zero attached hydrogens (tertiary/aromatic N) is 1. The molecule has 0 atom stereocenters. The molecule has 18 heavy (non-hydrogen) atoms. The van der Waals surface area contributed by atoms with Gasteiger partial charge in [0.25, 0.3) is 0 Å². The third kappa shape index (κ3) is 7.08. The quantitative estimate of drug-likeness (QED) is 0.437. The Morgan fingerprint density at radius 1 is 0.889 bits per heavy atom. The Morgan fingerprint density at radius 3 is 1.94 bits per heavy atom.